The van der Waals surface area contributed by atoms with Crippen molar-refractivity contribution in [1.82, 2.24) is 10.2 Å². The number of rotatable bonds is 4. The molecule has 1 atom stereocenters. The van der Waals surface area contributed by atoms with Gasteiger partial charge in [0, 0.05) is 49.5 Å². The fourth-order valence-corrected chi connectivity index (χ4v) is 4.41. The zero-order chi connectivity index (χ0) is 23.4. The topological polar surface area (TPSA) is 96.7 Å². The highest BCUT2D eigenvalue weighted by molar-refractivity contribution is 5.97. The fraction of sp³-hybridized carbons (Fsp3) is 0.440. The lowest BCUT2D eigenvalue weighted by molar-refractivity contribution is 0.0421. The van der Waals surface area contributed by atoms with Crippen LogP contribution < -0.4 is 16.4 Å². The van der Waals surface area contributed by atoms with Crippen molar-refractivity contribution in [3.63, 3.8) is 0 Å². The molecule has 0 radical (unpaired) electrons. The number of nitrogens with one attached hydrogen (secondary N) is 2. The van der Waals surface area contributed by atoms with E-state index in [1.54, 1.807) is 41.3 Å². The molecular weight excluding hydrogens is 423 g/mol. The highest BCUT2D eigenvalue weighted by Gasteiger charge is 2.37. The van der Waals surface area contributed by atoms with Gasteiger partial charge >= 0.3 is 6.03 Å². The fourth-order valence-electron chi connectivity index (χ4n) is 4.41. The molecule has 0 bridgehead atoms. The molecule has 4 N–H and O–H groups in total. The molecular formula is C25H31FN4O3. The number of nitrogens with zero attached hydrogens (tertiary/aromatic N) is 1. The molecule has 3 amide bonds. The van der Waals surface area contributed by atoms with Gasteiger partial charge in [0.2, 0.25) is 0 Å². The lowest BCUT2D eigenvalue weighted by atomic mass is 9.86. The number of amides is 3. The number of nitrogens with two attached hydrogens (primary N) is 1. The lowest BCUT2D eigenvalue weighted by Gasteiger charge is -2.37. The molecule has 8 heteroatoms. The number of urea groups is 1. The number of nitrogen functional groups attached to an aromatic ring is 1. The van der Waals surface area contributed by atoms with E-state index >= 15 is 4.39 Å². The Bertz CT molecular complexity index is 997. The van der Waals surface area contributed by atoms with Crippen molar-refractivity contribution in [3.8, 4) is 0 Å². The predicted molar refractivity (Wildman–Crippen MR) is 126 cm³/mol. The van der Waals surface area contributed by atoms with E-state index in [4.69, 9.17) is 10.5 Å². The van der Waals surface area contributed by atoms with Crippen molar-refractivity contribution in [2.24, 2.45) is 0 Å². The first-order chi connectivity index (χ1) is 15.8. The van der Waals surface area contributed by atoms with E-state index in [2.05, 4.69) is 10.6 Å². The van der Waals surface area contributed by atoms with E-state index < -0.39 is 5.67 Å². The molecule has 2 aromatic carbocycles. The summed E-state index contributed by atoms with van der Waals surface area (Å²) in [5.74, 6) is -0.168. The minimum atomic E-state index is -1.47. The van der Waals surface area contributed by atoms with Gasteiger partial charge in [0.05, 0.1) is 12.6 Å². The standard InChI is InChI=1S/C25H31FN4O3/c1-17-4-5-18(15-22(17)29-24(32)28-21-3-2-14-33-16-21)23(31)30-12-10-25(26,11-13-30)19-6-8-20(27)9-7-19/h4-9,15,21H,2-3,10-14,16,27H2,1H3,(H2,28,29,32). The summed E-state index contributed by atoms with van der Waals surface area (Å²) in [5.41, 5.74) is 7.34. The molecule has 1 unspecified atom stereocenters. The van der Waals surface area contributed by atoms with Gasteiger partial charge in [0.25, 0.3) is 5.91 Å². The summed E-state index contributed by atoms with van der Waals surface area (Å²) < 4.78 is 20.9. The Morgan fingerprint density at radius 2 is 1.88 bits per heavy atom. The minimum absolute atomic E-state index is 0.0146. The van der Waals surface area contributed by atoms with Gasteiger partial charge in [0.15, 0.2) is 0 Å². The molecule has 0 aromatic heterocycles. The van der Waals surface area contributed by atoms with E-state index in [1.165, 1.54) is 0 Å². The van der Waals surface area contributed by atoms with Gasteiger partial charge in [-0.15, -0.1) is 0 Å². The van der Waals surface area contributed by atoms with Crippen LogP contribution in [0, 0.1) is 6.92 Å². The number of hydrogen-bond acceptors (Lipinski definition) is 4. The Morgan fingerprint density at radius 3 is 2.55 bits per heavy atom. The third-order valence-electron chi connectivity index (χ3n) is 6.50. The van der Waals surface area contributed by atoms with Crippen LogP contribution in [-0.4, -0.2) is 49.2 Å². The van der Waals surface area contributed by atoms with Crippen LogP contribution in [0.4, 0.5) is 20.6 Å². The molecule has 2 aliphatic heterocycles. The van der Waals surface area contributed by atoms with Crippen LogP contribution in [0.25, 0.3) is 0 Å². The van der Waals surface area contributed by atoms with Gasteiger partial charge < -0.3 is 26.0 Å². The number of benzene rings is 2. The number of hydrogen-bond donors (Lipinski definition) is 3. The highest BCUT2D eigenvalue weighted by atomic mass is 19.1. The number of alkyl halides is 1. The first-order valence-electron chi connectivity index (χ1n) is 11.4. The van der Waals surface area contributed by atoms with Crippen LogP contribution in [0.15, 0.2) is 42.5 Å². The first kappa shape index (κ1) is 23.0. The summed E-state index contributed by atoms with van der Waals surface area (Å²) in [7, 11) is 0. The number of ether oxygens (including phenoxy) is 1. The third-order valence-corrected chi connectivity index (χ3v) is 6.50. The third kappa shape index (κ3) is 5.45. The molecule has 0 saturated carbocycles. The van der Waals surface area contributed by atoms with Crippen molar-refractivity contribution in [2.75, 3.05) is 37.4 Å². The minimum Gasteiger partial charge on any atom is -0.399 e. The second-order valence-corrected chi connectivity index (χ2v) is 8.92. The smallest absolute Gasteiger partial charge is 0.319 e. The highest BCUT2D eigenvalue weighted by Crippen LogP contribution is 2.37. The summed E-state index contributed by atoms with van der Waals surface area (Å²) in [4.78, 5) is 27.2. The number of anilines is 2. The van der Waals surface area contributed by atoms with Crippen LogP contribution in [0.5, 0.6) is 0 Å². The maximum absolute atomic E-state index is 15.5. The Balaban J connectivity index is 1.38. The van der Waals surface area contributed by atoms with Crippen molar-refractivity contribution < 1.29 is 18.7 Å². The number of aryl methyl sites for hydroxylation is 1. The Hall–Kier alpha value is -3.13. The Labute approximate surface area is 193 Å². The van der Waals surface area contributed by atoms with Gasteiger partial charge in [-0.2, -0.15) is 0 Å². The van der Waals surface area contributed by atoms with E-state index in [0.717, 1.165) is 25.0 Å². The Morgan fingerprint density at radius 1 is 1.15 bits per heavy atom. The van der Waals surface area contributed by atoms with E-state index in [-0.39, 0.29) is 30.8 Å². The molecule has 33 heavy (non-hydrogen) atoms. The zero-order valence-corrected chi connectivity index (χ0v) is 18.9. The molecule has 2 aliphatic rings. The SMILES string of the molecule is Cc1ccc(C(=O)N2CCC(F)(c3ccc(N)cc3)CC2)cc1NC(=O)NC1CCCOC1. The monoisotopic (exact) mass is 454 g/mol. The van der Waals surface area contributed by atoms with Crippen molar-refractivity contribution in [1.29, 1.82) is 0 Å². The molecule has 2 saturated heterocycles. The lowest BCUT2D eigenvalue weighted by Crippen LogP contribution is -2.43. The van der Waals surface area contributed by atoms with E-state index in [0.29, 0.717) is 42.2 Å². The summed E-state index contributed by atoms with van der Waals surface area (Å²) >= 11 is 0. The first-order valence-corrected chi connectivity index (χ1v) is 11.4. The molecule has 176 valence electrons. The zero-order valence-electron chi connectivity index (χ0n) is 18.9. The number of carbonyl (C=O) groups excluding carboxylic acids is 2. The molecule has 2 heterocycles. The molecule has 0 spiro atoms. The summed E-state index contributed by atoms with van der Waals surface area (Å²) in [6.07, 6.45) is 2.26. The Kier molecular flexibility index (Phi) is 6.83. The number of halogens is 1. The van der Waals surface area contributed by atoms with Gasteiger partial charge in [-0.25, -0.2) is 9.18 Å². The van der Waals surface area contributed by atoms with Crippen LogP contribution in [0.2, 0.25) is 0 Å². The predicted octanol–water partition coefficient (Wildman–Crippen LogP) is 3.98. The molecule has 0 aliphatic carbocycles. The number of carbonyl (C=O) groups is 2. The normalized spacial score (nSPS) is 20.2. The molecule has 4 rings (SSSR count). The van der Waals surface area contributed by atoms with Gasteiger partial charge in [-0.05, 0) is 55.2 Å². The maximum atomic E-state index is 15.5. The van der Waals surface area contributed by atoms with Crippen LogP contribution in [0.3, 0.4) is 0 Å². The second-order valence-electron chi connectivity index (χ2n) is 8.92. The van der Waals surface area contributed by atoms with Crippen LogP contribution >= 0.6 is 0 Å². The largest absolute Gasteiger partial charge is 0.399 e. The number of likely N-dealkylation sites (tertiary alicyclic amines) is 1. The quantitative estimate of drug-likeness (QED) is 0.609. The van der Waals surface area contributed by atoms with Crippen LogP contribution in [0.1, 0.15) is 47.2 Å². The van der Waals surface area contributed by atoms with Gasteiger partial charge in [-0.1, -0.05) is 18.2 Å². The second kappa shape index (κ2) is 9.79. The molecule has 2 fully saturated rings. The van der Waals surface area contributed by atoms with Crippen LogP contribution in [-0.2, 0) is 10.4 Å². The average Bonchev–Trinajstić information content (AvgIpc) is 2.81. The molecule has 7 nitrogen and oxygen atoms in total. The van der Waals surface area contributed by atoms with Gasteiger partial charge in [-0.3, -0.25) is 4.79 Å². The van der Waals surface area contributed by atoms with Crippen molar-refractivity contribution in [2.45, 2.75) is 44.3 Å². The van der Waals surface area contributed by atoms with E-state index in [1.807, 2.05) is 13.0 Å². The van der Waals surface area contributed by atoms with Gasteiger partial charge in [0.1, 0.15) is 5.67 Å². The summed E-state index contributed by atoms with van der Waals surface area (Å²) in [6, 6.07) is 11.7. The van der Waals surface area contributed by atoms with E-state index in [9.17, 15) is 9.59 Å². The maximum Gasteiger partial charge on any atom is 0.319 e. The average molecular weight is 455 g/mol. The van der Waals surface area contributed by atoms with Crippen molar-refractivity contribution in [3.05, 3.63) is 59.2 Å². The summed E-state index contributed by atoms with van der Waals surface area (Å²) in [6.45, 7) is 3.74. The summed E-state index contributed by atoms with van der Waals surface area (Å²) in [5, 5.41) is 5.76. The molecule has 2 aromatic rings. The number of piperidine rings is 1. The van der Waals surface area contributed by atoms with Crippen molar-refractivity contribution >= 4 is 23.3 Å².